The van der Waals surface area contributed by atoms with Crippen molar-refractivity contribution in [1.82, 2.24) is 0 Å². The zero-order valence-electron chi connectivity index (χ0n) is 7.05. The van der Waals surface area contributed by atoms with E-state index < -0.39 is 0 Å². The summed E-state index contributed by atoms with van der Waals surface area (Å²) >= 11 is 0. The van der Waals surface area contributed by atoms with Gasteiger partial charge in [-0.05, 0) is 24.1 Å². The maximum absolute atomic E-state index is 11.2. The summed E-state index contributed by atoms with van der Waals surface area (Å²) in [6.07, 6.45) is 2.04. The van der Waals surface area contributed by atoms with Gasteiger partial charge in [-0.15, -0.1) is 0 Å². The number of nitrogen functional groups attached to an aromatic ring is 1. The van der Waals surface area contributed by atoms with Crippen LogP contribution < -0.4 is 5.73 Å². The molecule has 0 saturated carbocycles. The predicted molar refractivity (Wildman–Crippen MR) is 48.3 cm³/mol. The molecule has 2 bridgehead atoms. The second-order valence-electron chi connectivity index (χ2n) is 3.18. The molecule has 0 fully saturated rings. The molecule has 0 aromatic heterocycles. The molecule has 2 N–H and O–H groups in total. The third kappa shape index (κ3) is 0.779. The number of ketones is 1. The number of hydrogen-bond acceptors (Lipinski definition) is 2. The van der Waals surface area contributed by atoms with Crippen molar-refractivity contribution in [2.24, 2.45) is 0 Å². The molecule has 0 heterocycles. The van der Waals surface area contributed by atoms with Crippen molar-refractivity contribution < 1.29 is 4.79 Å². The summed E-state index contributed by atoms with van der Waals surface area (Å²) in [5.41, 5.74) is 9.14. The number of carbonyl (C=O) groups is 1. The van der Waals surface area contributed by atoms with Gasteiger partial charge >= 0.3 is 0 Å². The normalized spacial score (nSPS) is 12.9. The van der Waals surface area contributed by atoms with Crippen LogP contribution in [0.15, 0.2) is 12.1 Å². The Kier molecular flexibility index (Phi) is 1.43. The molecular weight excluding hydrogens is 150 g/mol. The molecule has 12 heavy (non-hydrogen) atoms. The van der Waals surface area contributed by atoms with E-state index in [2.05, 4.69) is 6.92 Å². The van der Waals surface area contributed by atoms with Crippen molar-refractivity contribution in [2.45, 2.75) is 19.8 Å². The van der Waals surface area contributed by atoms with Crippen LogP contribution in [0.25, 0.3) is 0 Å². The average Bonchev–Trinajstić information content (AvgIpc) is 2.07. The summed E-state index contributed by atoms with van der Waals surface area (Å²) in [6, 6.07) is 3.77. The Morgan fingerprint density at radius 2 is 2.17 bits per heavy atom. The summed E-state index contributed by atoms with van der Waals surface area (Å²) in [6.45, 7) is 2.11. The summed E-state index contributed by atoms with van der Waals surface area (Å²) in [4.78, 5) is 11.2. The molecule has 0 unspecified atom stereocenters. The lowest BCUT2D eigenvalue weighted by Gasteiger charge is -2.19. The fourth-order valence-corrected chi connectivity index (χ4v) is 1.59. The number of rotatable bonds is 2. The van der Waals surface area contributed by atoms with E-state index >= 15 is 0 Å². The molecule has 0 spiro atoms. The van der Waals surface area contributed by atoms with Crippen LogP contribution >= 0.6 is 0 Å². The Hall–Kier alpha value is -1.31. The van der Waals surface area contributed by atoms with Crippen LogP contribution in [0.4, 0.5) is 5.69 Å². The molecule has 0 aliphatic heterocycles. The number of aryl methyl sites for hydroxylation is 1. The van der Waals surface area contributed by atoms with Gasteiger partial charge in [-0.3, -0.25) is 4.79 Å². The zero-order chi connectivity index (χ0) is 8.72. The first-order chi connectivity index (χ1) is 5.74. The SMILES string of the molecule is CCCc1cc2cc(c1N)C2=O. The minimum atomic E-state index is 0.118. The van der Waals surface area contributed by atoms with Crippen molar-refractivity contribution in [1.29, 1.82) is 0 Å². The zero-order valence-corrected chi connectivity index (χ0v) is 7.05. The second-order valence-corrected chi connectivity index (χ2v) is 3.18. The van der Waals surface area contributed by atoms with Crippen molar-refractivity contribution in [3.05, 3.63) is 28.8 Å². The molecule has 0 radical (unpaired) electrons. The van der Waals surface area contributed by atoms with Crippen molar-refractivity contribution in [2.75, 3.05) is 5.73 Å². The number of carbonyl (C=O) groups excluding carboxylic acids is 1. The Bertz CT molecular complexity index is 355. The van der Waals surface area contributed by atoms with Gasteiger partial charge in [0.15, 0.2) is 5.78 Å². The summed E-state index contributed by atoms with van der Waals surface area (Å²) in [7, 11) is 0. The molecule has 0 atom stereocenters. The number of benzene rings is 1. The lowest BCUT2D eigenvalue weighted by Crippen LogP contribution is -2.17. The molecule has 2 nitrogen and oxygen atoms in total. The monoisotopic (exact) mass is 161 g/mol. The third-order valence-electron chi connectivity index (χ3n) is 2.29. The van der Waals surface area contributed by atoms with Crippen molar-refractivity contribution in [3.8, 4) is 0 Å². The van der Waals surface area contributed by atoms with Gasteiger partial charge in [0.2, 0.25) is 0 Å². The van der Waals surface area contributed by atoms with Gasteiger partial charge in [0.1, 0.15) is 0 Å². The molecule has 0 amide bonds. The highest BCUT2D eigenvalue weighted by Crippen LogP contribution is 2.31. The van der Waals surface area contributed by atoms with Gasteiger partial charge in [0.05, 0.1) is 0 Å². The van der Waals surface area contributed by atoms with Crippen LogP contribution in [0.3, 0.4) is 0 Å². The second kappa shape index (κ2) is 2.34. The summed E-state index contributed by atoms with van der Waals surface area (Å²) in [5.74, 6) is 0.118. The van der Waals surface area contributed by atoms with E-state index in [-0.39, 0.29) is 5.78 Å². The average molecular weight is 161 g/mol. The maximum atomic E-state index is 11.2. The summed E-state index contributed by atoms with van der Waals surface area (Å²) in [5, 5.41) is 0. The molecule has 2 aliphatic carbocycles. The molecule has 1 aromatic rings. The molecule has 1 aromatic carbocycles. The molecule has 3 rings (SSSR count). The predicted octanol–water partition coefficient (Wildman–Crippen LogP) is 1.77. The van der Waals surface area contributed by atoms with E-state index in [9.17, 15) is 4.79 Å². The minimum Gasteiger partial charge on any atom is -0.398 e. The quantitative estimate of drug-likeness (QED) is 0.682. The van der Waals surface area contributed by atoms with Crippen LogP contribution in [0.5, 0.6) is 0 Å². The molecular formula is C10H11NO. The topological polar surface area (TPSA) is 43.1 Å². The highest BCUT2D eigenvalue weighted by molar-refractivity contribution is 6.20. The lowest BCUT2D eigenvalue weighted by molar-refractivity contribution is 0.102. The third-order valence-corrected chi connectivity index (χ3v) is 2.29. The van der Waals surface area contributed by atoms with Crippen molar-refractivity contribution >= 4 is 11.5 Å². The maximum Gasteiger partial charge on any atom is 0.195 e. The summed E-state index contributed by atoms with van der Waals surface area (Å²) < 4.78 is 0. The van der Waals surface area contributed by atoms with Gasteiger partial charge in [0, 0.05) is 16.8 Å². The van der Waals surface area contributed by atoms with Gasteiger partial charge < -0.3 is 5.73 Å². The standard InChI is InChI=1S/C10H11NO/c1-2-3-6-4-7-5-8(9(6)11)10(7)12/h4-5H,2-3,11H2,1H3. The Labute approximate surface area is 71.4 Å². The molecule has 2 aliphatic rings. The van der Waals surface area contributed by atoms with Crippen LogP contribution in [0.1, 0.15) is 34.8 Å². The Balaban J connectivity index is 2.45. The first-order valence-corrected chi connectivity index (χ1v) is 4.21. The molecule has 62 valence electrons. The number of fused-ring (bicyclic) bond motifs is 2. The van der Waals surface area contributed by atoms with Gasteiger partial charge in [-0.1, -0.05) is 13.3 Å². The van der Waals surface area contributed by atoms with Crippen LogP contribution in [-0.4, -0.2) is 5.78 Å². The Morgan fingerprint density at radius 3 is 2.67 bits per heavy atom. The van der Waals surface area contributed by atoms with E-state index in [0.717, 1.165) is 29.5 Å². The number of hydrogen-bond donors (Lipinski definition) is 1. The van der Waals surface area contributed by atoms with Crippen LogP contribution in [0, 0.1) is 0 Å². The molecule has 2 heteroatoms. The minimum absolute atomic E-state index is 0.118. The van der Waals surface area contributed by atoms with Gasteiger partial charge in [-0.2, -0.15) is 0 Å². The highest BCUT2D eigenvalue weighted by atomic mass is 16.1. The van der Waals surface area contributed by atoms with Crippen LogP contribution in [-0.2, 0) is 6.42 Å². The Morgan fingerprint density at radius 1 is 1.42 bits per heavy atom. The van der Waals surface area contributed by atoms with Gasteiger partial charge in [0.25, 0.3) is 0 Å². The first-order valence-electron chi connectivity index (χ1n) is 4.21. The first kappa shape index (κ1) is 7.35. The van der Waals surface area contributed by atoms with E-state index in [1.165, 1.54) is 0 Å². The van der Waals surface area contributed by atoms with Gasteiger partial charge in [-0.25, -0.2) is 0 Å². The lowest BCUT2D eigenvalue weighted by atomic mass is 9.85. The highest BCUT2D eigenvalue weighted by Gasteiger charge is 2.25. The van der Waals surface area contributed by atoms with E-state index in [4.69, 9.17) is 5.73 Å². The fraction of sp³-hybridized carbons (Fsp3) is 0.300. The smallest absolute Gasteiger partial charge is 0.195 e. The largest absolute Gasteiger partial charge is 0.398 e. The number of nitrogens with two attached hydrogens (primary N) is 1. The van der Waals surface area contributed by atoms with E-state index in [1.807, 2.05) is 12.1 Å². The van der Waals surface area contributed by atoms with E-state index in [0.29, 0.717) is 5.69 Å². The van der Waals surface area contributed by atoms with Crippen molar-refractivity contribution in [3.63, 3.8) is 0 Å². The van der Waals surface area contributed by atoms with Crippen LogP contribution in [0.2, 0.25) is 0 Å². The fourth-order valence-electron chi connectivity index (χ4n) is 1.59. The number of anilines is 1. The molecule has 0 saturated heterocycles. The van der Waals surface area contributed by atoms with E-state index in [1.54, 1.807) is 0 Å².